The van der Waals surface area contributed by atoms with E-state index in [1.807, 2.05) is 20.8 Å². The fourth-order valence-corrected chi connectivity index (χ4v) is 4.35. The van der Waals surface area contributed by atoms with Crippen LogP contribution < -0.4 is 21.5 Å². The number of anilines is 1. The number of quaternary nitrogens is 1. The summed E-state index contributed by atoms with van der Waals surface area (Å²) in [7, 11) is 0. The van der Waals surface area contributed by atoms with E-state index in [9.17, 15) is 19.5 Å². The van der Waals surface area contributed by atoms with E-state index < -0.39 is 23.6 Å². The first-order valence-electron chi connectivity index (χ1n) is 8.90. The number of nitrogens with two attached hydrogens (primary N) is 1. The fraction of sp³-hybridized carbons (Fsp3) is 0.647. The molecule has 2 atom stereocenters. The Morgan fingerprint density at radius 3 is 2.52 bits per heavy atom. The second-order valence-corrected chi connectivity index (χ2v) is 9.08. The molecule has 1 saturated heterocycles. The molecule has 27 heavy (non-hydrogen) atoms. The van der Waals surface area contributed by atoms with Gasteiger partial charge in [-0.1, -0.05) is 0 Å². The maximum atomic E-state index is 12.7. The lowest BCUT2D eigenvalue weighted by Crippen LogP contribution is -2.70. The van der Waals surface area contributed by atoms with Gasteiger partial charge in [0, 0.05) is 0 Å². The number of nitrogens with one attached hydrogen (secondary N) is 2. The van der Waals surface area contributed by atoms with Gasteiger partial charge in [0.2, 0.25) is 0 Å². The molecule has 2 heterocycles. The summed E-state index contributed by atoms with van der Waals surface area (Å²) in [5.74, 6) is -0.458. The SMILES string of the molecule is Cc1nc(C(=O)N[C@H]2CCCC[N+](C(=O)[O-])(C(C)(C)C)C2)c(NC(N)=O)s1. The molecule has 4 amide bonds. The van der Waals surface area contributed by atoms with Crippen LogP contribution in [0.3, 0.4) is 0 Å². The topological polar surface area (TPSA) is 137 Å². The Balaban J connectivity index is 2.24. The molecular weight excluding hydrogens is 370 g/mol. The number of nitrogens with zero attached hydrogens (tertiary/aromatic N) is 2. The third-order valence-electron chi connectivity index (χ3n) is 5.03. The predicted molar refractivity (Wildman–Crippen MR) is 100 cm³/mol. The van der Waals surface area contributed by atoms with Gasteiger partial charge in [0.05, 0.1) is 23.1 Å². The Morgan fingerprint density at radius 1 is 1.30 bits per heavy atom. The van der Waals surface area contributed by atoms with Crippen LogP contribution in [0.1, 0.15) is 55.5 Å². The van der Waals surface area contributed by atoms with Gasteiger partial charge in [0.15, 0.2) is 5.69 Å². The number of rotatable bonds is 3. The van der Waals surface area contributed by atoms with Crippen LogP contribution in [0.2, 0.25) is 0 Å². The van der Waals surface area contributed by atoms with Gasteiger partial charge in [0.25, 0.3) is 12.0 Å². The first kappa shape index (κ1) is 21.1. The molecule has 1 aliphatic heterocycles. The lowest BCUT2D eigenvalue weighted by atomic mass is 10.0. The van der Waals surface area contributed by atoms with Crippen molar-refractivity contribution in [3.05, 3.63) is 10.7 Å². The molecule has 0 aromatic carbocycles. The van der Waals surface area contributed by atoms with Gasteiger partial charge in [0.1, 0.15) is 11.5 Å². The number of hydrogen-bond donors (Lipinski definition) is 3. The average Bonchev–Trinajstić information content (AvgIpc) is 2.75. The minimum atomic E-state index is -1.13. The molecule has 0 saturated carbocycles. The maximum absolute atomic E-state index is 12.7. The van der Waals surface area contributed by atoms with Crippen LogP contribution in [0, 0.1) is 6.92 Å². The van der Waals surface area contributed by atoms with Gasteiger partial charge in [-0.3, -0.25) is 14.6 Å². The van der Waals surface area contributed by atoms with Crippen LogP contribution in [0.25, 0.3) is 0 Å². The molecule has 1 fully saturated rings. The predicted octanol–water partition coefficient (Wildman–Crippen LogP) is 1.18. The zero-order valence-corrected chi connectivity index (χ0v) is 16.9. The van der Waals surface area contributed by atoms with Crippen molar-refractivity contribution in [2.24, 2.45) is 5.73 Å². The summed E-state index contributed by atoms with van der Waals surface area (Å²) in [6.45, 7) is 8.02. The minimum Gasteiger partial charge on any atom is -0.498 e. The smallest absolute Gasteiger partial charge is 0.317 e. The van der Waals surface area contributed by atoms with Crippen LogP contribution in [0.15, 0.2) is 0 Å². The Kier molecular flexibility index (Phi) is 6.10. The summed E-state index contributed by atoms with van der Waals surface area (Å²) >= 11 is 1.15. The van der Waals surface area contributed by atoms with Gasteiger partial charge in [-0.25, -0.2) is 9.78 Å². The van der Waals surface area contributed by atoms with E-state index >= 15 is 0 Å². The number of likely N-dealkylation sites (tertiary alicyclic amines) is 1. The molecule has 0 spiro atoms. The standard InChI is InChI=1S/C17H27N5O4S/c1-10-19-12(14(27-10)21-15(18)24)13(23)20-11-7-5-6-8-22(9-11,16(25)26)17(2,3)4/h11H,5-9H2,1-4H3,(H4-,18,20,21,23,24,25,26)/t11-,22?/m0/s1. The normalized spacial score (nSPS) is 23.3. The van der Waals surface area contributed by atoms with Gasteiger partial charge >= 0.3 is 6.03 Å². The molecule has 2 rings (SSSR count). The summed E-state index contributed by atoms with van der Waals surface area (Å²) in [5, 5.41) is 18.2. The summed E-state index contributed by atoms with van der Waals surface area (Å²) in [4.78, 5) is 40.1. The lowest BCUT2D eigenvalue weighted by Gasteiger charge is -2.48. The Hall–Kier alpha value is -2.20. The van der Waals surface area contributed by atoms with Crippen molar-refractivity contribution in [2.45, 2.75) is 58.5 Å². The van der Waals surface area contributed by atoms with Gasteiger partial charge in [-0.15, -0.1) is 11.3 Å². The highest BCUT2D eigenvalue weighted by Crippen LogP contribution is 2.30. The van der Waals surface area contributed by atoms with Crippen molar-refractivity contribution in [3.63, 3.8) is 0 Å². The lowest BCUT2D eigenvalue weighted by molar-refractivity contribution is -0.919. The highest BCUT2D eigenvalue weighted by molar-refractivity contribution is 7.16. The van der Waals surface area contributed by atoms with E-state index in [2.05, 4.69) is 15.6 Å². The van der Waals surface area contributed by atoms with Crippen molar-refractivity contribution in [1.82, 2.24) is 10.3 Å². The quantitative estimate of drug-likeness (QED) is 0.658. The van der Waals surface area contributed by atoms with E-state index in [4.69, 9.17) is 5.73 Å². The number of aromatic nitrogens is 1. The van der Waals surface area contributed by atoms with E-state index in [1.165, 1.54) is 0 Å². The number of primary amides is 1. The van der Waals surface area contributed by atoms with Crippen LogP contribution >= 0.6 is 11.3 Å². The minimum absolute atomic E-state index is 0.0860. The van der Waals surface area contributed by atoms with E-state index in [0.29, 0.717) is 18.0 Å². The van der Waals surface area contributed by atoms with E-state index in [0.717, 1.165) is 24.2 Å². The molecule has 10 heteroatoms. The highest BCUT2D eigenvalue weighted by atomic mass is 32.1. The average molecular weight is 398 g/mol. The Labute approximate surface area is 162 Å². The second-order valence-electron chi connectivity index (χ2n) is 7.88. The monoisotopic (exact) mass is 397 g/mol. The van der Waals surface area contributed by atoms with Gasteiger partial charge in [-0.2, -0.15) is 0 Å². The Morgan fingerprint density at radius 2 is 1.96 bits per heavy atom. The van der Waals surface area contributed by atoms with Crippen LogP contribution in [-0.4, -0.2) is 52.2 Å². The number of carbonyl (C=O) groups is 3. The molecule has 1 aliphatic rings. The summed E-state index contributed by atoms with van der Waals surface area (Å²) in [5.41, 5.74) is 4.67. The summed E-state index contributed by atoms with van der Waals surface area (Å²) in [6.07, 6.45) is 1.07. The number of carbonyl (C=O) groups excluding carboxylic acids is 3. The first-order chi connectivity index (χ1) is 12.5. The van der Waals surface area contributed by atoms with Crippen molar-refractivity contribution in [2.75, 3.05) is 18.4 Å². The molecule has 0 radical (unpaired) electrons. The molecular formula is C17H27N5O4S. The molecule has 9 nitrogen and oxygen atoms in total. The van der Waals surface area contributed by atoms with Crippen molar-refractivity contribution < 1.29 is 24.0 Å². The Bertz CT molecular complexity index is 742. The number of urea groups is 1. The maximum Gasteiger partial charge on any atom is 0.317 e. The number of carboxylic acid groups (broad SMARTS) is 1. The molecule has 0 aliphatic carbocycles. The van der Waals surface area contributed by atoms with Crippen molar-refractivity contribution >= 4 is 34.4 Å². The molecule has 0 bridgehead atoms. The molecule has 1 aromatic rings. The highest BCUT2D eigenvalue weighted by Gasteiger charge is 2.45. The largest absolute Gasteiger partial charge is 0.498 e. The van der Waals surface area contributed by atoms with E-state index in [-0.39, 0.29) is 27.8 Å². The zero-order valence-electron chi connectivity index (χ0n) is 16.1. The van der Waals surface area contributed by atoms with Crippen molar-refractivity contribution in [3.8, 4) is 0 Å². The third-order valence-corrected chi connectivity index (χ3v) is 5.92. The number of hydrogen-bond acceptors (Lipinski definition) is 6. The summed E-state index contributed by atoms with van der Waals surface area (Å²) < 4.78 is -0.222. The van der Waals surface area contributed by atoms with Crippen LogP contribution in [0.5, 0.6) is 0 Å². The number of aryl methyl sites for hydroxylation is 1. The van der Waals surface area contributed by atoms with Crippen LogP contribution in [-0.2, 0) is 0 Å². The second kappa shape index (κ2) is 7.81. The zero-order chi connectivity index (χ0) is 20.4. The fourth-order valence-electron chi connectivity index (χ4n) is 3.53. The first-order valence-corrected chi connectivity index (χ1v) is 9.71. The molecule has 150 valence electrons. The molecule has 1 unspecified atom stereocenters. The third kappa shape index (κ3) is 4.56. The van der Waals surface area contributed by atoms with Crippen LogP contribution in [0.4, 0.5) is 14.6 Å². The summed E-state index contributed by atoms with van der Waals surface area (Å²) in [6, 6.07) is -1.12. The van der Waals surface area contributed by atoms with Crippen molar-refractivity contribution in [1.29, 1.82) is 0 Å². The van der Waals surface area contributed by atoms with E-state index in [1.54, 1.807) is 6.92 Å². The van der Waals surface area contributed by atoms with Gasteiger partial charge < -0.3 is 21.0 Å². The van der Waals surface area contributed by atoms with Gasteiger partial charge in [-0.05, 0) is 47.0 Å². The number of thiazole rings is 1. The molecule has 4 N–H and O–H groups in total. The number of amides is 4. The molecule has 1 aromatic heterocycles.